The largest absolute Gasteiger partial charge is 0.325 e. The SMILES string of the molecule is Cc1cc(NC(=O)CSc2nnc(CC(=O)Nc3ccccc3C)n2C)ccc1Br. The second-order valence-corrected chi connectivity index (χ2v) is 8.60. The number of para-hydroxylation sites is 1. The molecule has 0 unspecified atom stereocenters. The molecule has 0 bridgehead atoms. The molecule has 0 fully saturated rings. The third-order valence-electron chi connectivity index (χ3n) is 4.44. The molecule has 2 N–H and O–H groups in total. The summed E-state index contributed by atoms with van der Waals surface area (Å²) < 4.78 is 2.73. The van der Waals surface area contributed by atoms with Gasteiger partial charge in [0.15, 0.2) is 5.16 Å². The molecule has 0 aliphatic carbocycles. The first-order chi connectivity index (χ1) is 14.3. The number of rotatable bonds is 7. The summed E-state index contributed by atoms with van der Waals surface area (Å²) in [7, 11) is 1.79. The van der Waals surface area contributed by atoms with Crippen LogP contribution in [-0.4, -0.2) is 32.3 Å². The highest BCUT2D eigenvalue weighted by molar-refractivity contribution is 9.10. The summed E-state index contributed by atoms with van der Waals surface area (Å²) in [6, 6.07) is 13.2. The van der Waals surface area contributed by atoms with Crippen LogP contribution >= 0.6 is 27.7 Å². The number of thioether (sulfide) groups is 1. The van der Waals surface area contributed by atoms with Crippen LogP contribution in [0.3, 0.4) is 0 Å². The van der Waals surface area contributed by atoms with Crippen LogP contribution < -0.4 is 10.6 Å². The average molecular weight is 488 g/mol. The van der Waals surface area contributed by atoms with Gasteiger partial charge < -0.3 is 15.2 Å². The fraction of sp³-hybridized carbons (Fsp3) is 0.238. The predicted molar refractivity (Wildman–Crippen MR) is 123 cm³/mol. The standard InChI is InChI=1S/C21H22BrN5O2S/c1-13-6-4-5-7-17(13)24-19(28)11-18-25-26-21(27(18)3)30-12-20(29)23-15-8-9-16(22)14(2)10-15/h4-10H,11-12H2,1-3H3,(H,23,29)(H,24,28). The van der Waals surface area contributed by atoms with Crippen molar-refractivity contribution in [3.05, 3.63) is 63.9 Å². The van der Waals surface area contributed by atoms with Gasteiger partial charge in [0.25, 0.3) is 0 Å². The summed E-state index contributed by atoms with van der Waals surface area (Å²) >= 11 is 4.72. The van der Waals surface area contributed by atoms with Gasteiger partial charge in [-0.15, -0.1) is 10.2 Å². The lowest BCUT2D eigenvalue weighted by Gasteiger charge is -2.08. The number of carbonyl (C=O) groups excluding carboxylic acids is 2. The van der Waals surface area contributed by atoms with Crippen LogP contribution in [0.2, 0.25) is 0 Å². The van der Waals surface area contributed by atoms with Gasteiger partial charge in [-0.2, -0.15) is 0 Å². The Labute approximate surface area is 187 Å². The Kier molecular flexibility index (Phi) is 7.28. The molecule has 3 rings (SSSR count). The Morgan fingerprint density at radius 3 is 2.53 bits per heavy atom. The average Bonchev–Trinajstić information content (AvgIpc) is 3.04. The van der Waals surface area contributed by atoms with Crippen molar-refractivity contribution in [3.8, 4) is 0 Å². The van der Waals surface area contributed by atoms with E-state index in [-0.39, 0.29) is 24.0 Å². The number of nitrogens with one attached hydrogen (secondary N) is 2. The minimum Gasteiger partial charge on any atom is -0.325 e. The zero-order valence-corrected chi connectivity index (χ0v) is 19.3. The third kappa shape index (κ3) is 5.70. The van der Waals surface area contributed by atoms with Gasteiger partial charge in [0.05, 0.1) is 12.2 Å². The first-order valence-electron chi connectivity index (χ1n) is 9.26. The summed E-state index contributed by atoms with van der Waals surface area (Å²) in [5.41, 5.74) is 3.56. The van der Waals surface area contributed by atoms with Gasteiger partial charge in [0.2, 0.25) is 11.8 Å². The summed E-state index contributed by atoms with van der Waals surface area (Å²) in [5.74, 6) is 0.423. The zero-order chi connectivity index (χ0) is 21.7. The second-order valence-electron chi connectivity index (χ2n) is 6.80. The van der Waals surface area contributed by atoms with Crippen molar-refractivity contribution in [3.63, 3.8) is 0 Å². The molecular formula is C21H22BrN5O2S. The van der Waals surface area contributed by atoms with Crippen LogP contribution in [0.1, 0.15) is 17.0 Å². The van der Waals surface area contributed by atoms with Gasteiger partial charge >= 0.3 is 0 Å². The maximum atomic E-state index is 12.3. The maximum Gasteiger partial charge on any atom is 0.234 e. The van der Waals surface area contributed by atoms with Crippen molar-refractivity contribution in [2.75, 3.05) is 16.4 Å². The number of carbonyl (C=O) groups is 2. The number of anilines is 2. The van der Waals surface area contributed by atoms with Crippen molar-refractivity contribution < 1.29 is 9.59 Å². The predicted octanol–water partition coefficient (Wildman–Crippen LogP) is 4.11. The number of aromatic nitrogens is 3. The molecule has 0 atom stereocenters. The number of amides is 2. The van der Waals surface area contributed by atoms with E-state index in [0.717, 1.165) is 27.0 Å². The molecule has 1 aromatic heterocycles. The Balaban J connectivity index is 1.54. The molecule has 0 saturated carbocycles. The maximum absolute atomic E-state index is 12.3. The monoisotopic (exact) mass is 487 g/mol. The highest BCUT2D eigenvalue weighted by Gasteiger charge is 2.15. The molecule has 156 valence electrons. The van der Waals surface area contributed by atoms with Crippen LogP contribution in [0.4, 0.5) is 11.4 Å². The lowest BCUT2D eigenvalue weighted by atomic mass is 10.2. The van der Waals surface area contributed by atoms with Crippen LogP contribution in [0.5, 0.6) is 0 Å². The molecule has 2 amide bonds. The fourth-order valence-corrected chi connectivity index (χ4v) is 3.70. The Bertz CT molecular complexity index is 1080. The van der Waals surface area contributed by atoms with E-state index in [0.29, 0.717) is 11.0 Å². The minimum absolute atomic E-state index is 0.1000. The summed E-state index contributed by atoms with van der Waals surface area (Å²) in [6.45, 7) is 3.90. The number of nitrogens with zero attached hydrogens (tertiary/aromatic N) is 3. The molecule has 3 aromatic rings. The van der Waals surface area contributed by atoms with Crippen molar-refractivity contribution in [2.45, 2.75) is 25.4 Å². The Hall–Kier alpha value is -2.65. The van der Waals surface area contributed by atoms with E-state index in [4.69, 9.17) is 0 Å². The normalized spacial score (nSPS) is 10.7. The molecule has 9 heteroatoms. The number of benzene rings is 2. The molecule has 0 aliphatic heterocycles. The van der Waals surface area contributed by atoms with E-state index < -0.39 is 0 Å². The summed E-state index contributed by atoms with van der Waals surface area (Å²) in [4.78, 5) is 24.6. The number of aryl methyl sites for hydroxylation is 2. The topological polar surface area (TPSA) is 88.9 Å². The molecule has 0 spiro atoms. The van der Waals surface area contributed by atoms with Gasteiger partial charge in [0, 0.05) is 22.9 Å². The van der Waals surface area contributed by atoms with Gasteiger partial charge in [-0.3, -0.25) is 9.59 Å². The highest BCUT2D eigenvalue weighted by atomic mass is 79.9. The number of hydrogen-bond donors (Lipinski definition) is 2. The van der Waals surface area contributed by atoms with Gasteiger partial charge in [-0.05, 0) is 49.2 Å². The zero-order valence-electron chi connectivity index (χ0n) is 16.9. The molecule has 30 heavy (non-hydrogen) atoms. The molecule has 7 nitrogen and oxygen atoms in total. The second kappa shape index (κ2) is 9.90. The first kappa shape index (κ1) is 22.0. The number of halogens is 1. The van der Waals surface area contributed by atoms with Crippen molar-refractivity contribution >= 4 is 50.9 Å². The molecule has 0 radical (unpaired) electrons. The van der Waals surface area contributed by atoms with E-state index in [2.05, 4.69) is 36.8 Å². The summed E-state index contributed by atoms with van der Waals surface area (Å²) in [5, 5.41) is 14.5. The van der Waals surface area contributed by atoms with Crippen LogP contribution in [0.15, 0.2) is 52.1 Å². The lowest BCUT2D eigenvalue weighted by molar-refractivity contribution is -0.116. The first-order valence-corrected chi connectivity index (χ1v) is 11.0. The Morgan fingerprint density at radius 2 is 1.80 bits per heavy atom. The highest BCUT2D eigenvalue weighted by Crippen LogP contribution is 2.21. The van der Waals surface area contributed by atoms with Crippen molar-refractivity contribution in [1.82, 2.24) is 14.8 Å². The van der Waals surface area contributed by atoms with E-state index >= 15 is 0 Å². The van der Waals surface area contributed by atoms with Gasteiger partial charge in [-0.1, -0.05) is 45.9 Å². The molecule has 0 aliphatic rings. The minimum atomic E-state index is -0.167. The van der Waals surface area contributed by atoms with Crippen LogP contribution in [0, 0.1) is 13.8 Å². The van der Waals surface area contributed by atoms with E-state index in [1.807, 2.05) is 56.3 Å². The van der Waals surface area contributed by atoms with Crippen molar-refractivity contribution in [2.24, 2.45) is 7.05 Å². The Morgan fingerprint density at radius 1 is 1.03 bits per heavy atom. The van der Waals surface area contributed by atoms with Crippen LogP contribution in [-0.2, 0) is 23.1 Å². The fourth-order valence-electron chi connectivity index (χ4n) is 2.73. The number of hydrogen-bond acceptors (Lipinski definition) is 5. The van der Waals surface area contributed by atoms with E-state index in [1.165, 1.54) is 11.8 Å². The van der Waals surface area contributed by atoms with E-state index in [9.17, 15) is 9.59 Å². The van der Waals surface area contributed by atoms with E-state index in [1.54, 1.807) is 11.6 Å². The van der Waals surface area contributed by atoms with Crippen molar-refractivity contribution in [1.29, 1.82) is 0 Å². The van der Waals surface area contributed by atoms with Crippen LogP contribution in [0.25, 0.3) is 0 Å². The molecule has 1 heterocycles. The van der Waals surface area contributed by atoms with Gasteiger partial charge in [0.1, 0.15) is 5.82 Å². The summed E-state index contributed by atoms with van der Waals surface area (Å²) in [6.07, 6.45) is 0.1000. The quantitative estimate of drug-likeness (QED) is 0.489. The smallest absolute Gasteiger partial charge is 0.234 e. The molecule has 0 saturated heterocycles. The van der Waals surface area contributed by atoms with Gasteiger partial charge in [-0.25, -0.2) is 0 Å². The third-order valence-corrected chi connectivity index (χ3v) is 6.35. The lowest BCUT2D eigenvalue weighted by Crippen LogP contribution is -2.17. The molecule has 2 aromatic carbocycles. The molecular weight excluding hydrogens is 466 g/mol.